The fraction of sp³-hybridized carbons (Fsp3) is 0.889. The SMILES string of the molecule is CCOCCC1(C(=O)O)CCCN1. The zero-order chi connectivity index (χ0) is 9.73. The molecule has 13 heavy (non-hydrogen) atoms. The standard InChI is InChI=1S/C9H17NO3/c1-2-13-7-5-9(8(11)12)4-3-6-10-9/h10H,2-7H2,1H3,(H,11,12). The molecule has 4 heteroatoms. The lowest BCUT2D eigenvalue weighted by Gasteiger charge is -2.23. The van der Waals surface area contributed by atoms with E-state index in [0.717, 1.165) is 19.4 Å². The number of aliphatic carboxylic acids is 1. The third-order valence-corrected chi connectivity index (χ3v) is 2.53. The molecule has 0 aromatic rings. The van der Waals surface area contributed by atoms with Gasteiger partial charge in [0.1, 0.15) is 5.54 Å². The summed E-state index contributed by atoms with van der Waals surface area (Å²) in [4.78, 5) is 11.0. The third-order valence-electron chi connectivity index (χ3n) is 2.53. The van der Waals surface area contributed by atoms with Crippen molar-refractivity contribution in [3.05, 3.63) is 0 Å². The Labute approximate surface area is 78.3 Å². The Morgan fingerprint density at radius 1 is 1.69 bits per heavy atom. The number of rotatable bonds is 5. The highest BCUT2D eigenvalue weighted by Gasteiger charge is 2.40. The fourth-order valence-electron chi connectivity index (χ4n) is 1.70. The molecular weight excluding hydrogens is 170 g/mol. The second-order valence-corrected chi connectivity index (χ2v) is 3.36. The second kappa shape index (κ2) is 4.58. The van der Waals surface area contributed by atoms with Gasteiger partial charge in [-0.25, -0.2) is 0 Å². The number of ether oxygens (including phenoxy) is 1. The highest BCUT2D eigenvalue weighted by Crippen LogP contribution is 2.23. The molecule has 1 saturated heterocycles. The van der Waals surface area contributed by atoms with Crippen molar-refractivity contribution in [2.75, 3.05) is 19.8 Å². The fourth-order valence-corrected chi connectivity index (χ4v) is 1.70. The zero-order valence-corrected chi connectivity index (χ0v) is 8.01. The number of carboxylic acids is 1. The summed E-state index contributed by atoms with van der Waals surface area (Å²) in [6.45, 7) is 3.89. The van der Waals surface area contributed by atoms with Crippen molar-refractivity contribution in [3.8, 4) is 0 Å². The Bertz CT molecular complexity index is 176. The van der Waals surface area contributed by atoms with Gasteiger partial charge in [-0.1, -0.05) is 0 Å². The van der Waals surface area contributed by atoms with E-state index in [4.69, 9.17) is 9.84 Å². The lowest BCUT2D eigenvalue weighted by molar-refractivity contribution is -0.145. The van der Waals surface area contributed by atoms with Gasteiger partial charge in [0.2, 0.25) is 0 Å². The van der Waals surface area contributed by atoms with Crippen LogP contribution in [-0.2, 0) is 9.53 Å². The summed E-state index contributed by atoms with van der Waals surface area (Å²) < 4.78 is 5.17. The van der Waals surface area contributed by atoms with Crippen LogP contribution in [0.15, 0.2) is 0 Å². The Balaban J connectivity index is 2.43. The van der Waals surface area contributed by atoms with Gasteiger partial charge in [0.25, 0.3) is 0 Å². The molecular formula is C9H17NO3. The maximum absolute atomic E-state index is 11.0. The first-order valence-corrected chi connectivity index (χ1v) is 4.77. The van der Waals surface area contributed by atoms with Crippen LogP contribution in [-0.4, -0.2) is 36.4 Å². The van der Waals surface area contributed by atoms with E-state index in [1.807, 2.05) is 6.92 Å². The first kappa shape index (κ1) is 10.5. The van der Waals surface area contributed by atoms with E-state index in [9.17, 15) is 4.79 Å². The lowest BCUT2D eigenvalue weighted by atomic mass is 9.94. The molecule has 1 aliphatic heterocycles. The number of hydrogen-bond donors (Lipinski definition) is 2. The van der Waals surface area contributed by atoms with Gasteiger partial charge in [-0.15, -0.1) is 0 Å². The van der Waals surface area contributed by atoms with E-state index >= 15 is 0 Å². The molecule has 1 fully saturated rings. The van der Waals surface area contributed by atoms with Crippen molar-refractivity contribution in [1.82, 2.24) is 5.32 Å². The summed E-state index contributed by atoms with van der Waals surface area (Å²) in [5.74, 6) is -0.746. The molecule has 2 N–H and O–H groups in total. The van der Waals surface area contributed by atoms with Crippen LogP contribution in [0, 0.1) is 0 Å². The van der Waals surface area contributed by atoms with Crippen LogP contribution in [0.25, 0.3) is 0 Å². The molecule has 0 spiro atoms. The minimum Gasteiger partial charge on any atom is -0.480 e. The van der Waals surface area contributed by atoms with E-state index in [1.165, 1.54) is 0 Å². The Hall–Kier alpha value is -0.610. The number of nitrogens with one attached hydrogen (secondary N) is 1. The summed E-state index contributed by atoms with van der Waals surface area (Å²) in [6, 6.07) is 0. The maximum Gasteiger partial charge on any atom is 0.323 e. The van der Waals surface area contributed by atoms with E-state index in [-0.39, 0.29) is 0 Å². The maximum atomic E-state index is 11.0. The van der Waals surface area contributed by atoms with Gasteiger partial charge in [0, 0.05) is 13.2 Å². The van der Waals surface area contributed by atoms with Crippen LogP contribution >= 0.6 is 0 Å². The summed E-state index contributed by atoms with van der Waals surface area (Å²) in [7, 11) is 0. The lowest BCUT2D eigenvalue weighted by Crippen LogP contribution is -2.48. The minimum absolute atomic E-state index is 0.524. The summed E-state index contributed by atoms with van der Waals surface area (Å²) in [5.41, 5.74) is -0.713. The normalized spacial score (nSPS) is 27.8. The summed E-state index contributed by atoms with van der Waals surface area (Å²) in [5, 5.41) is 12.1. The second-order valence-electron chi connectivity index (χ2n) is 3.36. The molecule has 1 rings (SSSR count). The van der Waals surface area contributed by atoms with Crippen LogP contribution in [0.2, 0.25) is 0 Å². The molecule has 0 aromatic carbocycles. The van der Waals surface area contributed by atoms with Gasteiger partial charge in [-0.3, -0.25) is 4.79 Å². The first-order chi connectivity index (χ1) is 6.21. The van der Waals surface area contributed by atoms with Gasteiger partial charge in [0.05, 0.1) is 0 Å². The number of carbonyl (C=O) groups is 1. The molecule has 1 unspecified atom stereocenters. The molecule has 1 heterocycles. The van der Waals surface area contributed by atoms with E-state index in [1.54, 1.807) is 0 Å². The topological polar surface area (TPSA) is 58.6 Å². The van der Waals surface area contributed by atoms with E-state index in [2.05, 4.69) is 5.32 Å². The monoisotopic (exact) mass is 187 g/mol. The predicted molar refractivity (Wildman–Crippen MR) is 48.7 cm³/mol. The molecule has 4 nitrogen and oxygen atoms in total. The highest BCUT2D eigenvalue weighted by atomic mass is 16.5. The van der Waals surface area contributed by atoms with Crippen molar-refractivity contribution in [2.45, 2.75) is 31.7 Å². The molecule has 1 atom stereocenters. The average Bonchev–Trinajstić information content (AvgIpc) is 2.55. The Kier molecular flexibility index (Phi) is 3.69. The van der Waals surface area contributed by atoms with Gasteiger partial charge < -0.3 is 15.2 Å². The van der Waals surface area contributed by atoms with E-state index < -0.39 is 11.5 Å². The van der Waals surface area contributed by atoms with Crippen molar-refractivity contribution >= 4 is 5.97 Å². The molecule has 0 radical (unpaired) electrons. The minimum atomic E-state index is -0.746. The molecule has 0 saturated carbocycles. The summed E-state index contributed by atoms with van der Waals surface area (Å²) >= 11 is 0. The van der Waals surface area contributed by atoms with Gasteiger partial charge in [-0.05, 0) is 32.7 Å². The van der Waals surface area contributed by atoms with E-state index in [0.29, 0.717) is 19.6 Å². The molecule has 1 aliphatic rings. The number of carboxylic acid groups (broad SMARTS) is 1. The predicted octanol–water partition coefficient (Wildman–Crippen LogP) is 0.620. The van der Waals surface area contributed by atoms with Crippen LogP contribution in [0.5, 0.6) is 0 Å². The van der Waals surface area contributed by atoms with Crippen LogP contribution in [0.3, 0.4) is 0 Å². The number of hydrogen-bond acceptors (Lipinski definition) is 3. The molecule has 0 aromatic heterocycles. The average molecular weight is 187 g/mol. The molecule has 76 valence electrons. The Morgan fingerprint density at radius 2 is 2.46 bits per heavy atom. The van der Waals surface area contributed by atoms with Crippen LogP contribution in [0.4, 0.5) is 0 Å². The van der Waals surface area contributed by atoms with Crippen molar-refractivity contribution in [3.63, 3.8) is 0 Å². The van der Waals surface area contributed by atoms with Crippen molar-refractivity contribution in [1.29, 1.82) is 0 Å². The first-order valence-electron chi connectivity index (χ1n) is 4.77. The van der Waals surface area contributed by atoms with Gasteiger partial charge in [-0.2, -0.15) is 0 Å². The van der Waals surface area contributed by atoms with Crippen molar-refractivity contribution < 1.29 is 14.6 Å². The van der Waals surface area contributed by atoms with Crippen LogP contribution < -0.4 is 5.32 Å². The Morgan fingerprint density at radius 3 is 2.92 bits per heavy atom. The van der Waals surface area contributed by atoms with Gasteiger partial charge in [0.15, 0.2) is 0 Å². The molecule has 0 aliphatic carbocycles. The van der Waals surface area contributed by atoms with Gasteiger partial charge >= 0.3 is 5.97 Å². The zero-order valence-electron chi connectivity index (χ0n) is 8.01. The quantitative estimate of drug-likeness (QED) is 0.619. The summed E-state index contributed by atoms with van der Waals surface area (Å²) in [6.07, 6.45) is 2.23. The highest BCUT2D eigenvalue weighted by molar-refractivity contribution is 5.79. The van der Waals surface area contributed by atoms with Crippen LogP contribution in [0.1, 0.15) is 26.2 Å². The molecule has 0 amide bonds. The van der Waals surface area contributed by atoms with Crippen molar-refractivity contribution in [2.24, 2.45) is 0 Å². The largest absolute Gasteiger partial charge is 0.480 e. The smallest absolute Gasteiger partial charge is 0.323 e. The third kappa shape index (κ3) is 2.42. The molecule has 0 bridgehead atoms.